The molecular formula is C22H16ClNO2. The van der Waals surface area contributed by atoms with E-state index < -0.39 is 6.23 Å². The third-order valence-corrected chi connectivity index (χ3v) is 4.88. The Kier molecular flexibility index (Phi) is 4.33. The van der Waals surface area contributed by atoms with Gasteiger partial charge in [0.1, 0.15) is 0 Å². The average Bonchev–Trinajstić information content (AvgIpc) is 3.00. The molecule has 1 aliphatic heterocycles. The van der Waals surface area contributed by atoms with Crippen LogP contribution in [0, 0.1) is 0 Å². The number of benzene rings is 3. The van der Waals surface area contributed by atoms with Gasteiger partial charge in [0.2, 0.25) is 0 Å². The van der Waals surface area contributed by atoms with Gasteiger partial charge in [-0.1, -0.05) is 78.3 Å². The second-order valence-corrected chi connectivity index (χ2v) is 6.40. The van der Waals surface area contributed by atoms with Gasteiger partial charge in [0.15, 0.2) is 6.23 Å². The molecule has 0 bridgehead atoms. The molecule has 1 amide bonds. The second-order valence-electron chi connectivity index (χ2n) is 6.03. The molecule has 1 unspecified atom stereocenters. The number of amides is 1. The van der Waals surface area contributed by atoms with Crippen LogP contribution in [0.3, 0.4) is 0 Å². The molecule has 1 aliphatic rings. The first-order chi connectivity index (χ1) is 12.7. The lowest BCUT2D eigenvalue weighted by atomic mass is 10.0. The van der Waals surface area contributed by atoms with Crippen LogP contribution in [-0.4, -0.2) is 17.2 Å². The molecule has 128 valence electrons. The number of rotatable bonds is 2. The van der Waals surface area contributed by atoms with Crippen LogP contribution < -0.4 is 4.90 Å². The minimum absolute atomic E-state index is 0.266. The molecule has 1 atom stereocenters. The predicted octanol–water partition coefficient (Wildman–Crippen LogP) is 4.77. The van der Waals surface area contributed by atoms with E-state index in [-0.39, 0.29) is 5.91 Å². The molecule has 1 N–H and O–H groups in total. The number of para-hydroxylation sites is 1. The molecule has 3 aromatic rings. The lowest BCUT2D eigenvalue weighted by Gasteiger charge is -2.22. The van der Waals surface area contributed by atoms with Crippen LogP contribution in [0.1, 0.15) is 21.5 Å². The predicted molar refractivity (Wildman–Crippen MR) is 105 cm³/mol. The first kappa shape index (κ1) is 16.6. The smallest absolute Gasteiger partial charge is 0.260 e. The summed E-state index contributed by atoms with van der Waals surface area (Å²) in [4.78, 5) is 14.4. The lowest BCUT2D eigenvalue weighted by molar-refractivity contribution is 0.0938. The van der Waals surface area contributed by atoms with E-state index in [1.165, 1.54) is 4.90 Å². The Morgan fingerprint density at radius 3 is 2.00 bits per heavy atom. The lowest BCUT2D eigenvalue weighted by Crippen LogP contribution is -2.37. The highest BCUT2D eigenvalue weighted by Crippen LogP contribution is 2.44. The van der Waals surface area contributed by atoms with Gasteiger partial charge in [-0.05, 0) is 23.8 Å². The third-order valence-electron chi connectivity index (χ3n) is 4.46. The Bertz CT molecular complexity index is 983. The van der Waals surface area contributed by atoms with Gasteiger partial charge in [-0.3, -0.25) is 9.69 Å². The zero-order valence-electron chi connectivity index (χ0n) is 13.8. The number of carbonyl (C=O) groups is 1. The molecule has 26 heavy (non-hydrogen) atoms. The summed E-state index contributed by atoms with van der Waals surface area (Å²) in [6.45, 7) is 0. The Labute approximate surface area is 156 Å². The van der Waals surface area contributed by atoms with Gasteiger partial charge in [-0.25, -0.2) is 0 Å². The van der Waals surface area contributed by atoms with Crippen LogP contribution in [0.4, 0.5) is 5.69 Å². The van der Waals surface area contributed by atoms with Crippen LogP contribution in [-0.2, 0) is 0 Å². The van der Waals surface area contributed by atoms with Gasteiger partial charge >= 0.3 is 0 Å². The first-order valence-corrected chi connectivity index (χ1v) is 8.67. The summed E-state index contributed by atoms with van der Waals surface area (Å²) in [5, 5.41) is 11.4. The summed E-state index contributed by atoms with van der Waals surface area (Å²) in [6, 6.07) is 25.8. The minimum Gasteiger partial charge on any atom is -0.369 e. The molecule has 4 heteroatoms. The number of nitrogens with zero attached hydrogens (tertiary/aromatic N) is 1. The molecule has 0 saturated heterocycles. The largest absolute Gasteiger partial charge is 0.369 e. The van der Waals surface area contributed by atoms with E-state index in [2.05, 4.69) is 0 Å². The number of fused-ring (bicyclic) bond motifs is 1. The van der Waals surface area contributed by atoms with Crippen molar-refractivity contribution in [3.63, 3.8) is 0 Å². The number of anilines is 1. The Hall–Kier alpha value is -2.88. The van der Waals surface area contributed by atoms with Gasteiger partial charge in [-0.15, -0.1) is 0 Å². The molecule has 0 aliphatic carbocycles. The maximum atomic E-state index is 13.0. The van der Waals surface area contributed by atoms with Crippen LogP contribution in [0.2, 0.25) is 0 Å². The highest BCUT2D eigenvalue weighted by molar-refractivity contribution is 6.53. The molecule has 0 aromatic heterocycles. The molecule has 0 fully saturated rings. The molecule has 0 saturated carbocycles. The number of aliphatic hydroxyl groups is 1. The van der Waals surface area contributed by atoms with Crippen LogP contribution in [0.25, 0.3) is 10.6 Å². The van der Waals surface area contributed by atoms with E-state index in [1.54, 1.807) is 24.3 Å². The normalized spacial score (nSPS) is 17.8. The fourth-order valence-electron chi connectivity index (χ4n) is 3.22. The molecular weight excluding hydrogens is 346 g/mol. The van der Waals surface area contributed by atoms with Crippen molar-refractivity contribution < 1.29 is 9.90 Å². The van der Waals surface area contributed by atoms with E-state index >= 15 is 0 Å². The van der Waals surface area contributed by atoms with Crippen molar-refractivity contribution in [1.29, 1.82) is 0 Å². The number of carbonyl (C=O) groups excluding carboxylic acids is 1. The minimum atomic E-state index is -1.15. The monoisotopic (exact) mass is 361 g/mol. The number of halogens is 1. The Morgan fingerprint density at radius 2 is 1.35 bits per heavy atom. The number of hydrogen-bond donors (Lipinski definition) is 1. The Balaban J connectivity index is 1.86. The zero-order chi connectivity index (χ0) is 18.1. The van der Waals surface area contributed by atoms with Crippen molar-refractivity contribution in [1.82, 2.24) is 0 Å². The highest BCUT2D eigenvalue weighted by Gasteiger charge is 2.38. The fraction of sp³-hybridized carbons (Fsp3) is 0.0455. The standard InChI is InChI=1S/C22H16ClNO2/c23-20(15-9-3-1-4-10-15)19-17-13-7-8-14-18(17)24(22(19)26)21(25)16-11-5-2-6-12-16/h1-14,22,26H/b20-19+. The topological polar surface area (TPSA) is 40.5 Å². The fourth-order valence-corrected chi connectivity index (χ4v) is 3.55. The van der Waals surface area contributed by atoms with Gasteiger partial charge in [-0.2, -0.15) is 0 Å². The molecule has 4 rings (SSSR count). The van der Waals surface area contributed by atoms with Gasteiger partial charge in [0.25, 0.3) is 5.91 Å². The maximum absolute atomic E-state index is 13.0. The zero-order valence-corrected chi connectivity index (χ0v) is 14.6. The van der Waals surface area contributed by atoms with Crippen molar-refractivity contribution in [2.75, 3.05) is 4.90 Å². The third kappa shape index (κ3) is 2.71. The molecule has 0 radical (unpaired) electrons. The molecule has 3 aromatic carbocycles. The van der Waals surface area contributed by atoms with Crippen molar-refractivity contribution in [2.24, 2.45) is 0 Å². The van der Waals surface area contributed by atoms with Crippen molar-refractivity contribution >= 4 is 33.8 Å². The van der Waals surface area contributed by atoms with E-state index in [4.69, 9.17) is 11.6 Å². The van der Waals surface area contributed by atoms with Gasteiger partial charge < -0.3 is 5.11 Å². The number of aliphatic hydroxyl groups excluding tert-OH is 1. The van der Waals surface area contributed by atoms with Crippen LogP contribution in [0.15, 0.2) is 84.9 Å². The maximum Gasteiger partial charge on any atom is 0.260 e. The average molecular weight is 362 g/mol. The summed E-state index contributed by atoms with van der Waals surface area (Å²) in [6.07, 6.45) is -1.15. The van der Waals surface area contributed by atoms with Crippen LogP contribution in [0.5, 0.6) is 0 Å². The van der Waals surface area contributed by atoms with Crippen molar-refractivity contribution in [3.05, 3.63) is 102 Å². The SMILES string of the molecule is O=C(c1ccccc1)N1c2ccccc2/C(=C(\Cl)c2ccccc2)C1O. The van der Waals surface area contributed by atoms with E-state index in [9.17, 15) is 9.90 Å². The first-order valence-electron chi connectivity index (χ1n) is 8.29. The quantitative estimate of drug-likeness (QED) is 0.714. The van der Waals surface area contributed by atoms with E-state index in [1.807, 2.05) is 60.7 Å². The number of hydrogen-bond acceptors (Lipinski definition) is 2. The summed E-state index contributed by atoms with van der Waals surface area (Å²) in [5.41, 5.74) is 3.26. The summed E-state index contributed by atoms with van der Waals surface area (Å²) in [5.74, 6) is -0.266. The second kappa shape index (κ2) is 6.79. The van der Waals surface area contributed by atoms with Crippen molar-refractivity contribution in [3.8, 4) is 0 Å². The summed E-state index contributed by atoms with van der Waals surface area (Å²) >= 11 is 6.63. The van der Waals surface area contributed by atoms with E-state index in [0.29, 0.717) is 21.9 Å². The van der Waals surface area contributed by atoms with Gasteiger partial charge in [0.05, 0.1) is 10.7 Å². The highest BCUT2D eigenvalue weighted by atomic mass is 35.5. The Morgan fingerprint density at radius 1 is 0.808 bits per heavy atom. The van der Waals surface area contributed by atoms with Crippen molar-refractivity contribution in [2.45, 2.75) is 6.23 Å². The van der Waals surface area contributed by atoms with Gasteiger partial charge in [0, 0.05) is 16.7 Å². The molecule has 0 spiro atoms. The molecule has 1 heterocycles. The molecule has 3 nitrogen and oxygen atoms in total. The summed E-state index contributed by atoms with van der Waals surface area (Å²) in [7, 11) is 0. The van der Waals surface area contributed by atoms with Crippen LogP contribution >= 0.6 is 11.6 Å². The van der Waals surface area contributed by atoms with E-state index in [0.717, 1.165) is 11.1 Å². The summed E-state index contributed by atoms with van der Waals surface area (Å²) < 4.78 is 0.